The number of aromatic nitrogens is 1. The number of ether oxygens (including phenoxy) is 2. The number of carbonyl (C=O) groups is 1. The number of fused-ring (bicyclic) bond motifs is 1. The highest BCUT2D eigenvalue weighted by Crippen LogP contribution is 2.37. The van der Waals surface area contributed by atoms with Gasteiger partial charge in [0.2, 0.25) is 0 Å². The summed E-state index contributed by atoms with van der Waals surface area (Å²) in [4.78, 5) is 32.4. The average Bonchev–Trinajstić information content (AvgIpc) is 3.47. The molecule has 4 aromatic rings. The van der Waals surface area contributed by atoms with Gasteiger partial charge in [-0.15, -0.1) is 0 Å². The summed E-state index contributed by atoms with van der Waals surface area (Å²) in [5.41, 5.74) is 2.02. The fourth-order valence-corrected chi connectivity index (χ4v) is 6.23. The monoisotopic (exact) mass is 670 g/mol. The van der Waals surface area contributed by atoms with Gasteiger partial charge in [0.05, 0.1) is 29.0 Å². The second-order valence-electron chi connectivity index (χ2n) is 9.13. The largest absolute Gasteiger partial charge is 0.496 e. The summed E-state index contributed by atoms with van der Waals surface area (Å²) in [6, 6.07) is 16.2. The minimum atomic E-state index is -0.795. The molecule has 39 heavy (non-hydrogen) atoms. The van der Waals surface area contributed by atoms with Crippen molar-refractivity contribution in [1.29, 1.82) is 0 Å². The predicted molar refractivity (Wildman–Crippen MR) is 158 cm³/mol. The Kier molecular flexibility index (Phi) is 7.80. The smallest absolute Gasteiger partial charge is 0.338 e. The first-order valence-corrected chi connectivity index (χ1v) is 14.5. The van der Waals surface area contributed by atoms with Crippen LogP contribution in [0.1, 0.15) is 38.1 Å². The molecule has 0 saturated heterocycles. The van der Waals surface area contributed by atoms with Crippen LogP contribution in [-0.2, 0) is 9.53 Å². The van der Waals surface area contributed by atoms with E-state index in [2.05, 4.69) is 36.9 Å². The van der Waals surface area contributed by atoms with Crippen molar-refractivity contribution in [3.8, 4) is 17.1 Å². The highest BCUT2D eigenvalue weighted by atomic mass is 79.9. The molecule has 1 atom stereocenters. The molecule has 5 rings (SSSR count). The van der Waals surface area contributed by atoms with Crippen LogP contribution in [0.2, 0.25) is 0 Å². The minimum Gasteiger partial charge on any atom is -0.496 e. The van der Waals surface area contributed by atoms with E-state index in [0.29, 0.717) is 37.9 Å². The maximum atomic E-state index is 13.9. The zero-order chi connectivity index (χ0) is 27.8. The van der Waals surface area contributed by atoms with E-state index in [1.54, 1.807) is 40.0 Å². The second kappa shape index (κ2) is 11.1. The van der Waals surface area contributed by atoms with Gasteiger partial charge in [0.25, 0.3) is 5.56 Å². The SMILES string of the molecule is COc1ccc(Br)cc1[C@@H]1C(C(=O)OC(C)C)=C(C)N=c2s/c(=C\c3ccc(-c4cccc(Br)c4)o3)c(=O)n21. The van der Waals surface area contributed by atoms with Crippen LogP contribution in [0.4, 0.5) is 0 Å². The van der Waals surface area contributed by atoms with E-state index in [9.17, 15) is 9.59 Å². The first-order chi connectivity index (χ1) is 18.7. The minimum absolute atomic E-state index is 0.286. The number of hydrogen-bond acceptors (Lipinski definition) is 7. The number of thiazole rings is 1. The number of methoxy groups -OCH3 is 1. The number of carbonyl (C=O) groups excluding carboxylic acids is 1. The molecule has 0 N–H and O–H groups in total. The lowest BCUT2D eigenvalue weighted by Gasteiger charge is -2.26. The maximum absolute atomic E-state index is 13.9. The zero-order valence-corrected chi connectivity index (χ0v) is 25.5. The molecule has 0 bridgehead atoms. The molecular formula is C29H24Br2N2O5S. The van der Waals surface area contributed by atoms with Gasteiger partial charge in [-0.05, 0) is 63.2 Å². The van der Waals surface area contributed by atoms with Crippen LogP contribution in [-0.4, -0.2) is 23.8 Å². The van der Waals surface area contributed by atoms with Crippen molar-refractivity contribution >= 4 is 55.2 Å². The summed E-state index contributed by atoms with van der Waals surface area (Å²) in [6.45, 7) is 5.31. The fraction of sp³-hybridized carbons (Fsp3) is 0.207. The molecule has 7 nitrogen and oxygen atoms in total. The molecule has 0 radical (unpaired) electrons. The standard InChI is InChI=1S/C29H24Br2N2O5S/c1-15(2)37-28(35)25-16(3)32-29-33(26(25)21-13-19(31)8-10-23(21)36-4)27(34)24(39-29)14-20-9-11-22(38-20)17-6-5-7-18(30)12-17/h5-15,26H,1-4H3/b24-14-/t26-/m1/s1. The highest BCUT2D eigenvalue weighted by Gasteiger charge is 2.35. The molecular weight excluding hydrogens is 648 g/mol. The van der Waals surface area contributed by atoms with Crippen LogP contribution in [0.3, 0.4) is 0 Å². The molecule has 2 aromatic carbocycles. The lowest BCUT2D eigenvalue weighted by molar-refractivity contribution is -0.143. The van der Waals surface area contributed by atoms with Gasteiger partial charge in [-0.1, -0.05) is 55.3 Å². The molecule has 2 aromatic heterocycles. The Morgan fingerprint density at radius 3 is 2.62 bits per heavy atom. The van der Waals surface area contributed by atoms with E-state index in [0.717, 1.165) is 14.5 Å². The summed E-state index contributed by atoms with van der Waals surface area (Å²) in [7, 11) is 1.55. The summed E-state index contributed by atoms with van der Waals surface area (Å²) in [5, 5.41) is 0. The van der Waals surface area contributed by atoms with Crippen LogP contribution < -0.4 is 19.6 Å². The lowest BCUT2D eigenvalue weighted by Crippen LogP contribution is -2.40. The molecule has 1 aliphatic heterocycles. The Hall–Kier alpha value is -3.21. The summed E-state index contributed by atoms with van der Waals surface area (Å²) in [6.07, 6.45) is 1.36. The molecule has 1 aliphatic rings. The number of rotatable bonds is 6. The van der Waals surface area contributed by atoms with Gasteiger partial charge in [-0.3, -0.25) is 9.36 Å². The van der Waals surface area contributed by atoms with E-state index in [1.807, 2.05) is 48.5 Å². The zero-order valence-electron chi connectivity index (χ0n) is 21.5. The number of hydrogen-bond donors (Lipinski definition) is 0. The Morgan fingerprint density at radius 1 is 1.13 bits per heavy atom. The number of nitrogens with zero attached hydrogens (tertiary/aromatic N) is 2. The molecule has 0 amide bonds. The first kappa shape index (κ1) is 27.4. The molecule has 3 heterocycles. The van der Waals surface area contributed by atoms with Crippen LogP contribution in [0.15, 0.2) is 89.0 Å². The Balaban J connectivity index is 1.68. The average molecular weight is 672 g/mol. The molecule has 10 heteroatoms. The number of esters is 1. The van der Waals surface area contributed by atoms with Gasteiger partial charge < -0.3 is 13.9 Å². The summed E-state index contributed by atoms with van der Waals surface area (Å²) in [5.74, 6) is 1.22. The molecule has 0 aliphatic carbocycles. The van der Waals surface area contributed by atoms with Gasteiger partial charge in [0.15, 0.2) is 4.80 Å². The Labute approximate surface area is 245 Å². The van der Waals surface area contributed by atoms with Gasteiger partial charge in [0, 0.05) is 26.1 Å². The third-order valence-electron chi connectivity index (χ3n) is 6.08. The van der Waals surface area contributed by atoms with Crippen molar-refractivity contribution in [2.45, 2.75) is 32.9 Å². The first-order valence-electron chi connectivity index (χ1n) is 12.1. The van der Waals surface area contributed by atoms with Crippen LogP contribution in [0.25, 0.3) is 17.4 Å². The van der Waals surface area contributed by atoms with Gasteiger partial charge in [-0.2, -0.15) is 0 Å². The van der Waals surface area contributed by atoms with Crippen molar-refractivity contribution in [2.75, 3.05) is 7.11 Å². The Morgan fingerprint density at radius 2 is 1.90 bits per heavy atom. The van der Waals surface area contributed by atoms with Gasteiger partial charge in [0.1, 0.15) is 23.3 Å². The third-order valence-corrected chi connectivity index (χ3v) is 8.05. The molecule has 0 unspecified atom stereocenters. The van der Waals surface area contributed by atoms with E-state index in [4.69, 9.17) is 13.9 Å². The van der Waals surface area contributed by atoms with Gasteiger partial charge >= 0.3 is 5.97 Å². The Bertz CT molecular complexity index is 1800. The quantitative estimate of drug-likeness (QED) is 0.236. The van der Waals surface area contributed by atoms with Crippen LogP contribution in [0, 0.1) is 0 Å². The van der Waals surface area contributed by atoms with Crippen molar-refractivity contribution in [2.24, 2.45) is 4.99 Å². The fourth-order valence-electron chi connectivity index (χ4n) is 4.43. The second-order valence-corrected chi connectivity index (χ2v) is 12.0. The van der Waals surface area contributed by atoms with E-state index in [1.165, 1.54) is 15.9 Å². The summed E-state index contributed by atoms with van der Waals surface area (Å²) < 4.78 is 20.9. The number of benzene rings is 2. The van der Waals surface area contributed by atoms with E-state index >= 15 is 0 Å². The maximum Gasteiger partial charge on any atom is 0.338 e. The molecule has 0 saturated carbocycles. The van der Waals surface area contributed by atoms with Crippen molar-refractivity contribution in [3.63, 3.8) is 0 Å². The topological polar surface area (TPSA) is 83.0 Å². The van der Waals surface area contributed by atoms with E-state index in [-0.39, 0.29) is 17.2 Å². The normalized spacial score (nSPS) is 15.4. The molecule has 200 valence electrons. The summed E-state index contributed by atoms with van der Waals surface area (Å²) >= 11 is 8.24. The van der Waals surface area contributed by atoms with Crippen molar-refractivity contribution < 1.29 is 18.7 Å². The van der Waals surface area contributed by atoms with Gasteiger partial charge in [-0.25, -0.2) is 9.79 Å². The van der Waals surface area contributed by atoms with E-state index < -0.39 is 12.0 Å². The van der Waals surface area contributed by atoms with Crippen molar-refractivity contribution in [1.82, 2.24) is 4.57 Å². The number of halogens is 2. The van der Waals surface area contributed by atoms with Crippen LogP contribution >= 0.6 is 43.2 Å². The molecule has 0 spiro atoms. The molecule has 0 fully saturated rings. The number of allylic oxidation sites excluding steroid dienone is 1. The lowest BCUT2D eigenvalue weighted by atomic mass is 9.95. The third kappa shape index (κ3) is 5.46. The predicted octanol–water partition coefficient (Wildman–Crippen LogP) is 5.98. The van der Waals surface area contributed by atoms with Crippen molar-refractivity contribution in [3.05, 3.63) is 106 Å². The number of furan rings is 1. The van der Waals surface area contributed by atoms with Crippen LogP contribution in [0.5, 0.6) is 5.75 Å². The highest BCUT2D eigenvalue weighted by molar-refractivity contribution is 9.10.